The molecule has 1 unspecified atom stereocenters. The van der Waals surface area contributed by atoms with Crippen LogP contribution in [0.1, 0.15) is 239 Å². The zero-order valence-electron chi connectivity index (χ0n) is 35.0. The summed E-state index contributed by atoms with van der Waals surface area (Å²) in [5.74, 6) is 0.969. The van der Waals surface area contributed by atoms with Crippen LogP contribution in [-0.4, -0.2) is 59.9 Å². The van der Waals surface area contributed by atoms with Crippen LogP contribution in [0.2, 0.25) is 0 Å². The van der Waals surface area contributed by atoms with Gasteiger partial charge in [0, 0.05) is 18.5 Å². The van der Waals surface area contributed by atoms with Crippen molar-refractivity contribution in [2.45, 2.75) is 257 Å². The predicted molar refractivity (Wildman–Crippen MR) is 221 cm³/mol. The summed E-state index contributed by atoms with van der Waals surface area (Å²) in [5.41, 5.74) is 0. The third-order valence-corrected chi connectivity index (χ3v) is 12.4. The molecule has 1 saturated heterocycles. The fraction of sp³-hybridized carbons (Fsp3) is 0.957. The molecule has 300 valence electrons. The van der Waals surface area contributed by atoms with Gasteiger partial charge in [0.05, 0.1) is 0 Å². The zero-order valence-corrected chi connectivity index (χ0v) is 35.0. The maximum Gasteiger partial charge on any atom is 0.243 e. The van der Waals surface area contributed by atoms with Crippen molar-refractivity contribution in [1.82, 2.24) is 15.1 Å². The third-order valence-electron chi connectivity index (χ3n) is 12.4. The highest BCUT2D eigenvalue weighted by atomic mass is 16.2. The predicted octanol–water partition coefficient (Wildman–Crippen LogP) is 12.9. The molecule has 0 spiro atoms. The number of unbranched alkanes of at least 4 members (excludes halogenated alkanes) is 19. The minimum Gasteiger partial charge on any atom is -0.352 e. The smallest absolute Gasteiger partial charge is 0.243 e. The van der Waals surface area contributed by atoms with Crippen molar-refractivity contribution >= 4 is 11.8 Å². The standard InChI is InChI=1S/C46H89N3O2/c1-5-8-11-14-15-16-17-18-19-20-23-30-35-45(50)49(43(33-28-21-12-9-6-2)34-29-22-13-10-7-3)44(40-41-36-38-48(4)39-37-41)46(51)47-42-31-26-24-25-27-32-42/h41-44H,5-40H2,1-4H3,(H,47,51). The Labute approximate surface area is 319 Å². The van der Waals surface area contributed by atoms with Gasteiger partial charge >= 0.3 is 0 Å². The van der Waals surface area contributed by atoms with Crippen molar-refractivity contribution < 1.29 is 9.59 Å². The molecule has 5 nitrogen and oxygen atoms in total. The van der Waals surface area contributed by atoms with E-state index in [1.54, 1.807) is 0 Å². The molecule has 1 N–H and O–H groups in total. The molecule has 0 radical (unpaired) electrons. The second-order valence-corrected chi connectivity index (χ2v) is 17.2. The van der Waals surface area contributed by atoms with Crippen molar-refractivity contribution in [2.75, 3.05) is 20.1 Å². The van der Waals surface area contributed by atoms with Crippen LogP contribution >= 0.6 is 0 Å². The Hall–Kier alpha value is -1.10. The van der Waals surface area contributed by atoms with Crippen molar-refractivity contribution in [3.63, 3.8) is 0 Å². The Kier molecular flexibility index (Phi) is 28.2. The fourth-order valence-corrected chi connectivity index (χ4v) is 8.95. The van der Waals surface area contributed by atoms with Crippen LogP contribution in [0.15, 0.2) is 0 Å². The van der Waals surface area contributed by atoms with Crippen molar-refractivity contribution in [3.05, 3.63) is 0 Å². The molecule has 5 heteroatoms. The minimum absolute atomic E-state index is 0.172. The number of rotatable bonds is 31. The summed E-state index contributed by atoms with van der Waals surface area (Å²) in [5, 5.41) is 3.59. The topological polar surface area (TPSA) is 52.7 Å². The lowest BCUT2D eigenvalue weighted by Crippen LogP contribution is -2.56. The molecule has 1 aliphatic carbocycles. The Morgan fingerprint density at radius 2 is 1.02 bits per heavy atom. The molecule has 2 fully saturated rings. The highest BCUT2D eigenvalue weighted by molar-refractivity contribution is 5.88. The van der Waals surface area contributed by atoms with E-state index in [0.717, 1.165) is 70.9 Å². The van der Waals surface area contributed by atoms with Crippen LogP contribution in [0.4, 0.5) is 0 Å². The average molecular weight is 716 g/mol. The van der Waals surface area contributed by atoms with Gasteiger partial charge in [-0.2, -0.15) is 0 Å². The van der Waals surface area contributed by atoms with Gasteiger partial charge in [-0.1, -0.05) is 181 Å². The first-order valence-electron chi connectivity index (χ1n) is 23.3. The molecule has 51 heavy (non-hydrogen) atoms. The zero-order chi connectivity index (χ0) is 36.8. The lowest BCUT2D eigenvalue weighted by Gasteiger charge is -2.41. The summed E-state index contributed by atoms with van der Waals surface area (Å²) in [7, 11) is 2.23. The second kappa shape index (κ2) is 31.3. The molecule has 1 saturated carbocycles. The summed E-state index contributed by atoms with van der Waals surface area (Å²) in [6, 6.07) is 0.145. The van der Waals surface area contributed by atoms with E-state index in [1.165, 1.54) is 154 Å². The van der Waals surface area contributed by atoms with Crippen molar-refractivity contribution in [3.8, 4) is 0 Å². The normalized spacial score (nSPS) is 17.1. The van der Waals surface area contributed by atoms with Crippen molar-refractivity contribution in [1.29, 1.82) is 0 Å². The second-order valence-electron chi connectivity index (χ2n) is 17.2. The first-order valence-corrected chi connectivity index (χ1v) is 23.3. The molecular formula is C46H89N3O2. The summed E-state index contributed by atoms with van der Waals surface area (Å²) in [4.78, 5) is 33.9. The molecule has 1 aliphatic heterocycles. The summed E-state index contributed by atoms with van der Waals surface area (Å²) in [6.45, 7) is 9.07. The lowest BCUT2D eigenvalue weighted by atomic mass is 9.87. The van der Waals surface area contributed by atoms with E-state index >= 15 is 0 Å². The van der Waals surface area contributed by atoms with Crippen LogP contribution in [-0.2, 0) is 9.59 Å². The molecule has 0 aromatic rings. The molecule has 0 aromatic heterocycles. The Morgan fingerprint density at radius 3 is 1.49 bits per heavy atom. The number of hydrogen-bond acceptors (Lipinski definition) is 3. The Balaban J connectivity index is 2.18. The number of nitrogens with zero attached hydrogens (tertiary/aromatic N) is 2. The molecule has 0 bridgehead atoms. The van der Waals surface area contributed by atoms with Gasteiger partial charge in [0.15, 0.2) is 0 Å². The minimum atomic E-state index is -0.317. The maximum absolute atomic E-state index is 14.7. The number of likely N-dealkylation sites (tertiary alicyclic amines) is 1. The van der Waals surface area contributed by atoms with E-state index < -0.39 is 0 Å². The van der Waals surface area contributed by atoms with Gasteiger partial charge < -0.3 is 15.1 Å². The van der Waals surface area contributed by atoms with Gasteiger partial charge in [-0.25, -0.2) is 0 Å². The first-order chi connectivity index (χ1) is 25.0. The summed E-state index contributed by atoms with van der Waals surface area (Å²) >= 11 is 0. The van der Waals surface area contributed by atoms with Crippen LogP contribution < -0.4 is 5.32 Å². The van der Waals surface area contributed by atoms with Crippen LogP contribution in [0, 0.1) is 5.92 Å². The van der Waals surface area contributed by atoms with E-state index in [9.17, 15) is 9.59 Å². The molecule has 2 aliphatic rings. The van der Waals surface area contributed by atoms with Crippen LogP contribution in [0.3, 0.4) is 0 Å². The number of nitrogens with one attached hydrogen (secondary N) is 1. The Morgan fingerprint density at radius 1 is 0.588 bits per heavy atom. The molecule has 2 amide bonds. The summed E-state index contributed by atoms with van der Waals surface area (Å²) in [6.07, 6.45) is 41.2. The molecule has 1 heterocycles. The van der Waals surface area contributed by atoms with E-state index in [2.05, 4.69) is 42.9 Å². The molecule has 1 atom stereocenters. The monoisotopic (exact) mass is 716 g/mol. The largest absolute Gasteiger partial charge is 0.352 e. The number of carbonyl (C=O) groups is 2. The molecule has 2 rings (SSSR count). The summed E-state index contributed by atoms with van der Waals surface area (Å²) < 4.78 is 0. The Bertz CT molecular complexity index is 803. The van der Waals surface area contributed by atoms with Gasteiger partial charge in [-0.3, -0.25) is 9.59 Å². The highest BCUT2D eigenvalue weighted by Gasteiger charge is 2.37. The quantitative estimate of drug-likeness (QED) is 0.0574. The lowest BCUT2D eigenvalue weighted by molar-refractivity contribution is -0.145. The number of hydrogen-bond donors (Lipinski definition) is 1. The van der Waals surface area contributed by atoms with E-state index in [-0.39, 0.29) is 29.9 Å². The van der Waals surface area contributed by atoms with Crippen LogP contribution in [0.25, 0.3) is 0 Å². The molecular weight excluding hydrogens is 627 g/mol. The highest BCUT2D eigenvalue weighted by Crippen LogP contribution is 2.30. The number of piperidine rings is 1. The van der Waals surface area contributed by atoms with E-state index in [0.29, 0.717) is 12.3 Å². The maximum atomic E-state index is 14.7. The van der Waals surface area contributed by atoms with Crippen molar-refractivity contribution in [2.24, 2.45) is 5.92 Å². The van der Waals surface area contributed by atoms with Gasteiger partial charge in [0.2, 0.25) is 11.8 Å². The first kappa shape index (κ1) is 46.1. The SMILES string of the molecule is CCCCCCCCCCCCCCC(=O)N(C(CCCCCCC)CCCCCCC)C(CC1CCN(C)CC1)C(=O)NC1CCCCCC1. The third kappa shape index (κ3) is 22.0. The van der Waals surface area contributed by atoms with Gasteiger partial charge in [0.25, 0.3) is 0 Å². The number of amides is 2. The van der Waals surface area contributed by atoms with Gasteiger partial charge in [-0.05, 0) is 77.4 Å². The molecule has 0 aromatic carbocycles. The van der Waals surface area contributed by atoms with E-state index in [4.69, 9.17) is 0 Å². The average Bonchev–Trinajstić information content (AvgIpc) is 3.40. The van der Waals surface area contributed by atoms with E-state index in [1.807, 2.05) is 0 Å². The fourth-order valence-electron chi connectivity index (χ4n) is 8.95. The van der Waals surface area contributed by atoms with Gasteiger partial charge in [-0.15, -0.1) is 0 Å². The number of carbonyl (C=O) groups excluding carboxylic acids is 2. The van der Waals surface area contributed by atoms with Crippen LogP contribution in [0.5, 0.6) is 0 Å². The van der Waals surface area contributed by atoms with Gasteiger partial charge in [0.1, 0.15) is 6.04 Å².